The summed E-state index contributed by atoms with van der Waals surface area (Å²) in [5.74, 6) is 0.934. The molecule has 0 saturated carbocycles. The summed E-state index contributed by atoms with van der Waals surface area (Å²) in [6, 6.07) is 15.1. The number of pyridine rings is 1. The Hall–Kier alpha value is -4.05. The third-order valence-corrected chi connectivity index (χ3v) is 7.50. The van der Waals surface area contributed by atoms with Crippen LogP contribution in [0.2, 0.25) is 0 Å². The third kappa shape index (κ3) is 6.56. The van der Waals surface area contributed by atoms with Crippen molar-refractivity contribution in [3.63, 3.8) is 0 Å². The number of nitrogens with zero attached hydrogens (tertiary/aromatic N) is 3. The van der Waals surface area contributed by atoms with Crippen LogP contribution in [0.3, 0.4) is 0 Å². The predicted molar refractivity (Wildman–Crippen MR) is 155 cm³/mol. The van der Waals surface area contributed by atoms with Crippen LogP contribution in [0.5, 0.6) is 11.6 Å². The molecule has 2 amide bonds. The van der Waals surface area contributed by atoms with E-state index in [1.165, 1.54) is 0 Å². The van der Waals surface area contributed by atoms with Gasteiger partial charge in [0.25, 0.3) is 5.91 Å². The van der Waals surface area contributed by atoms with Crippen LogP contribution in [-0.4, -0.2) is 51.2 Å². The molecular weight excluding hydrogens is 528 g/mol. The van der Waals surface area contributed by atoms with Crippen LogP contribution in [0.15, 0.2) is 60.1 Å². The molecule has 1 aromatic carbocycles. The van der Waals surface area contributed by atoms with E-state index in [0.29, 0.717) is 36.1 Å². The van der Waals surface area contributed by atoms with Crippen molar-refractivity contribution < 1.29 is 23.8 Å². The number of anilines is 1. The molecule has 1 fully saturated rings. The molecule has 0 radical (unpaired) electrons. The lowest BCUT2D eigenvalue weighted by Crippen LogP contribution is -2.44. The van der Waals surface area contributed by atoms with E-state index >= 15 is 0 Å². The van der Waals surface area contributed by atoms with Crippen LogP contribution in [0.25, 0.3) is 10.2 Å². The van der Waals surface area contributed by atoms with E-state index in [-0.39, 0.29) is 24.7 Å². The van der Waals surface area contributed by atoms with Crippen molar-refractivity contribution >= 4 is 39.2 Å². The topological polar surface area (TPSA) is 94.9 Å². The number of carbonyl (C=O) groups is 2. The summed E-state index contributed by atoms with van der Waals surface area (Å²) in [6.07, 6.45) is 2.81. The summed E-state index contributed by atoms with van der Waals surface area (Å²) in [7, 11) is 1.89. The Morgan fingerprint density at radius 3 is 2.58 bits per heavy atom. The van der Waals surface area contributed by atoms with Crippen molar-refractivity contribution in [1.82, 2.24) is 14.5 Å². The van der Waals surface area contributed by atoms with Gasteiger partial charge in [-0.15, -0.1) is 11.3 Å². The molecule has 210 valence electrons. The number of piperidine rings is 1. The summed E-state index contributed by atoms with van der Waals surface area (Å²) in [4.78, 5) is 31.4. The van der Waals surface area contributed by atoms with Crippen molar-refractivity contribution in [2.45, 2.75) is 51.9 Å². The van der Waals surface area contributed by atoms with Crippen LogP contribution in [0.4, 0.5) is 10.5 Å². The Morgan fingerprint density at radius 2 is 1.88 bits per heavy atom. The highest BCUT2D eigenvalue weighted by Crippen LogP contribution is 2.26. The molecule has 0 bridgehead atoms. The van der Waals surface area contributed by atoms with Crippen LogP contribution >= 0.6 is 11.3 Å². The van der Waals surface area contributed by atoms with E-state index in [0.717, 1.165) is 28.6 Å². The minimum absolute atomic E-state index is 0.00255. The lowest BCUT2D eigenvalue weighted by molar-refractivity contribution is 0.0126. The highest BCUT2D eigenvalue weighted by atomic mass is 32.1. The van der Waals surface area contributed by atoms with Crippen LogP contribution in [-0.2, 0) is 18.4 Å². The second-order valence-electron chi connectivity index (χ2n) is 10.8. The lowest BCUT2D eigenvalue weighted by Gasteiger charge is -2.33. The summed E-state index contributed by atoms with van der Waals surface area (Å²) in [5.41, 5.74) is 2.66. The van der Waals surface area contributed by atoms with Crippen molar-refractivity contribution in [3.05, 3.63) is 71.4 Å². The molecule has 9 nitrogen and oxygen atoms in total. The number of rotatable bonds is 7. The number of aromatic nitrogens is 2. The molecule has 4 heterocycles. The molecule has 40 heavy (non-hydrogen) atoms. The summed E-state index contributed by atoms with van der Waals surface area (Å²) in [5, 5.41) is 5.04. The minimum atomic E-state index is -0.505. The van der Waals surface area contributed by atoms with Gasteiger partial charge >= 0.3 is 6.09 Å². The average molecular weight is 563 g/mol. The first kappa shape index (κ1) is 27.5. The van der Waals surface area contributed by atoms with Crippen molar-refractivity contribution in [2.75, 3.05) is 18.4 Å². The maximum absolute atomic E-state index is 13.0. The monoisotopic (exact) mass is 562 g/mol. The molecule has 0 unspecified atom stereocenters. The highest BCUT2D eigenvalue weighted by molar-refractivity contribution is 7.17. The van der Waals surface area contributed by atoms with Gasteiger partial charge in [-0.25, -0.2) is 9.78 Å². The number of thiophene rings is 1. The Balaban J connectivity index is 1.13. The van der Waals surface area contributed by atoms with Crippen molar-refractivity contribution in [3.8, 4) is 11.6 Å². The molecule has 10 heteroatoms. The molecule has 5 rings (SSSR count). The highest BCUT2D eigenvalue weighted by Gasteiger charge is 2.27. The first-order chi connectivity index (χ1) is 19.2. The first-order valence-electron chi connectivity index (χ1n) is 13.3. The quantitative estimate of drug-likeness (QED) is 0.286. The Kier molecular flexibility index (Phi) is 7.97. The van der Waals surface area contributed by atoms with E-state index in [1.807, 2.05) is 80.2 Å². The Labute approximate surface area is 237 Å². The summed E-state index contributed by atoms with van der Waals surface area (Å²) < 4.78 is 20.4. The van der Waals surface area contributed by atoms with Gasteiger partial charge in [0.2, 0.25) is 5.88 Å². The molecule has 0 spiro atoms. The van der Waals surface area contributed by atoms with Gasteiger partial charge in [-0.2, -0.15) is 0 Å². The number of aryl methyl sites for hydroxylation is 1. The van der Waals surface area contributed by atoms with Crippen LogP contribution in [0.1, 0.15) is 49.7 Å². The molecule has 0 aliphatic carbocycles. The predicted octanol–water partition coefficient (Wildman–Crippen LogP) is 6.24. The number of amides is 2. The molecule has 0 atom stereocenters. The standard InChI is InChI=1S/C30H34N4O5S/c1-30(2,3)39-29(36)34-14-11-21(12-15-34)38-22-9-10-27(31-18-22)37-19-20-7-5-6-8-23(20)32-28(35)25-17-26-24(33(25)4)13-16-40-26/h5-10,13,16-18,21H,11-12,14-15,19H2,1-4H3,(H,32,35). The molecule has 3 aromatic heterocycles. The zero-order valence-corrected chi connectivity index (χ0v) is 24.0. The van der Waals surface area contributed by atoms with E-state index in [9.17, 15) is 9.59 Å². The maximum Gasteiger partial charge on any atom is 0.410 e. The number of ether oxygens (including phenoxy) is 3. The summed E-state index contributed by atoms with van der Waals surface area (Å²) >= 11 is 1.61. The van der Waals surface area contributed by atoms with Crippen molar-refractivity contribution in [2.24, 2.45) is 7.05 Å². The van der Waals surface area contributed by atoms with Gasteiger partial charge < -0.3 is 29.0 Å². The number of fused-ring (bicyclic) bond motifs is 1. The van der Waals surface area contributed by atoms with Gasteiger partial charge in [-0.1, -0.05) is 18.2 Å². The fraction of sp³-hybridized carbons (Fsp3) is 0.367. The number of hydrogen-bond donors (Lipinski definition) is 1. The fourth-order valence-electron chi connectivity index (χ4n) is 4.57. The maximum atomic E-state index is 13.0. The van der Waals surface area contributed by atoms with Gasteiger partial charge in [0.15, 0.2) is 0 Å². The number of carbonyl (C=O) groups excluding carboxylic acids is 2. The van der Waals surface area contributed by atoms with Gasteiger partial charge in [0, 0.05) is 50.3 Å². The van der Waals surface area contributed by atoms with Gasteiger partial charge in [0.1, 0.15) is 29.8 Å². The number of likely N-dealkylation sites (tertiary alicyclic amines) is 1. The zero-order valence-electron chi connectivity index (χ0n) is 23.2. The zero-order chi connectivity index (χ0) is 28.3. The molecular formula is C30H34N4O5S. The van der Waals surface area contributed by atoms with Crippen LogP contribution < -0.4 is 14.8 Å². The number of benzene rings is 1. The first-order valence-corrected chi connectivity index (χ1v) is 14.2. The van der Waals surface area contributed by atoms with E-state index in [1.54, 1.807) is 28.5 Å². The van der Waals surface area contributed by atoms with Gasteiger partial charge in [0.05, 0.1) is 16.4 Å². The van der Waals surface area contributed by atoms with E-state index in [4.69, 9.17) is 14.2 Å². The molecule has 1 aliphatic rings. The number of hydrogen-bond acceptors (Lipinski definition) is 7. The smallest absolute Gasteiger partial charge is 0.410 e. The number of para-hydroxylation sites is 1. The van der Waals surface area contributed by atoms with Crippen molar-refractivity contribution in [1.29, 1.82) is 0 Å². The van der Waals surface area contributed by atoms with Gasteiger partial charge in [-0.05, 0) is 50.4 Å². The second kappa shape index (κ2) is 11.6. The SMILES string of the molecule is Cn1c(C(=O)Nc2ccccc2COc2ccc(OC3CCN(C(=O)OC(C)(C)C)CC3)cn2)cc2sccc21. The number of nitrogens with one attached hydrogen (secondary N) is 1. The van der Waals surface area contributed by atoms with Crippen LogP contribution in [0, 0.1) is 0 Å². The van der Waals surface area contributed by atoms with E-state index in [2.05, 4.69) is 10.3 Å². The Morgan fingerprint density at radius 1 is 1.10 bits per heavy atom. The third-order valence-electron chi connectivity index (χ3n) is 6.64. The molecule has 4 aromatic rings. The molecule has 1 saturated heterocycles. The fourth-order valence-corrected chi connectivity index (χ4v) is 5.42. The average Bonchev–Trinajstić information content (AvgIpc) is 3.51. The lowest BCUT2D eigenvalue weighted by atomic mass is 10.1. The largest absolute Gasteiger partial charge is 0.489 e. The minimum Gasteiger partial charge on any atom is -0.489 e. The van der Waals surface area contributed by atoms with Gasteiger partial charge in [-0.3, -0.25) is 4.79 Å². The van der Waals surface area contributed by atoms with E-state index < -0.39 is 5.60 Å². The second-order valence-corrected chi connectivity index (χ2v) is 11.7. The summed E-state index contributed by atoms with van der Waals surface area (Å²) in [6.45, 7) is 7.02. The normalized spacial score (nSPS) is 14.2. The molecule has 1 aliphatic heterocycles. The molecule has 1 N–H and O–H groups in total. The Bertz CT molecular complexity index is 1480.